The van der Waals surface area contributed by atoms with E-state index < -0.39 is 10.0 Å². The van der Waals surface area contributed by atoms with Crippen molar-refractivity contribution >= 4 is 27.3 Å². The fourth-order valence-electron chi connectivity index (χ4n) is 3.45. The molecule has 1 N–H and O–H groups in total. The van der Waals surface area contributed by atoms with E-state index in [1.165, 1.54) is 16.8 Å². The van der Waals surface area contributed by atoms with Crippen molar-refractivity contribution in [2.24, 2.45) is 7.05 Å². The molecule has 0 bridgehead atoms. The summed E-state index contributed by atoms with van der Waals surface area (Å²) in [6.45, 7) is 0.640. The number of halogens is 1. The second kappa shape index (κ2) is 7.54. The van der Waals surface area contributed by atoms with Gasteiger partial charge in [-0.25, -0.2) is 13.4 Å². The lowest BCUT2D eigenvalue weighted by Gasteiger charge is -2.20. The van der Waals surface area contributed by atoms with Gasteiger partial charge in [-0.3, -0.25) is 4.98 Å². The number of benzene rings is 1. The summed E-state index contributed by atoms with van der Waals surface area (Å²) in [7, 11) is -1.94. The fourth-order valence-corrected chi connectivity index (χ4v) is 5.10. The van der Waals surface area contributed by atoms with Crippen LogP contribution in [0.15, 0.2) is 66.2 Å². The van der Waals surface area contributed by atoms with Gasteiger partial charge in [-0.1, -0.05) is 23.7 Å². The quantitative estimate of drug-likeness (QED) is 0.690. The van der Waals surface area contributed by atoms with Crippen LogP contribution < -0.4 is 5.32 Å². The molecule has 0 amide bonds. The number of nitrogens with zero attached hydrogens (tertiary/aromatic N) is 4. The van der Waals surface area contributed by atoms with Gasteiger partial charge in [-0.2, -0.15) is 4.31 Å². The molecular formula is C19H20ClN5O2S. The molecule has 2 atom stereocenters. The van der Waals surface area contributed by atoms with Gasteiger partial charge in [-0.15, -0.1) is 0 Å². The highest BCUT2D eigenvalue weighted by atomic mass is 35.5. The molecule has 0 aliphatic carbocycles. The van der Waals surface area contributed by atoms with Crippen LogP contribution in [0.1, 0.15) is 11.6 Å². The zero-order valence-corrected chi connectivity index (χ0v) is 16.8. The molecule has 2 aromatic heterocycles. The molecule has 0 saturated carbocycles. The second-order valence-corrected chi connectivity index (χ2v) is 9.14. The number of nitrogens with one attached hydrogen (secondary N) is 1. The Morgan fingerprint density at radius 2 is 2.00 bits per heavy atom. The third kappa shape index (κ3) is 3.76. The summed E-state index contributed by atoms with van der Waals surface area (Å²) < 4.78 is 29.2. The van der Waals surface area contributed by atoms with Gasteiger partial charge in [-0.05, 0) is 30.3 Å². The van der Waals surface area contributed by atoms with Crippen LogP contribution in [0.25, 0.3) is 0 Å². The Morgan fingerprint density at radius 3 is 2.68 bits per heavy atom. The number of imidazole rings is 1. The molecule has 0 radical (unpaired) electrons. The topological polar surface area (TPSA) is 80.1 Å². The van der Waals surface area contributed by atoms with Crippen molar-refractivity contribution in [1.82, 2.24) is 18.8 Å². The van der Waals surface area contributed by atoms with E-state index >= 15 is 0 Å². The average molecular weight is 418 g/mol. The first kappa shape index (κ1) is 18.9. The maximum absolute atomic E-state index is 13.1. The molecule has 1 aliphatic rings. The minimum Gasteiger partial charge on any atom is -0.380 e. The Bertz CT molecular complexity index is 1070. The first-order valence-electron chi connectivity index (χ1n) is 8.84. The number of anilines is 1. The van der Waals surface area contributed by atoms with Crippen molar-refractivity contribution < 1.29 is 8.42 Å². The van der Waals surface area contributed by atoms with Crippen molar-refractivity contribution in [3.8, 4) is 0 Å². The maximum Gasteiger partial charge on any atom is 0.262 e. The van der Waals surface area contributed by atoms with Gasteiger partial charge in [0.1, 0.15) is 0 Å². The van der Waals surface area contributed by atoms with Crippen LogP contribution in [-0.4, -0.2) is 46.4 Å². The Balaban J connectivity index is 1.65. The molecule has 1 saturated heterocycles. The average Bonchev–Trinajstić information content (AvgIpc) is 3.30. The number of sulfonamides is 1. The van der Waals surface area contributed by atoms with Crippen LogP contribution in [0.3, 0.4) is 0 Å². The van der Waals surface area contributed by atoms with E-state index in [1.54, 1.807) is 23.9 Å². The lowest BCUT2D eigenvalue weighted by atomic mass is 9.99. The Kier molecular flexibility index (Phi) is 5.09. The molecule has 0 spiro atoms. The predicted octanol–water partition coefficient (Wildman–Crippen LogP) is 2.74. The summed E-state index contributed by atoms with van der Waals surface area (Å²) in [6.07, 6.45) is 4.73. The number of aryl methyl sites for hydroxylation is 1. The minimum atomic E-state index is -3.68. The molecular weight excluding hydrogens is 398 g/mol. The van der Waals surface area contributed by atoms with Gasteiger partial charge in [0.2, 0.25) is 0 Å². The highest BCUT2D eigenvalue weighted by molar-refractivity contribution is 7.89. The monoisotopic (exact) mass is 417 g/mol. The van der Waals surface area contributed by atoms with E-state index in [0.717, 1.165) is 11.4 Å². The van der Waals surface area contributed by atoms with Crippen molar-refractivity contribution in [1.29, 1.82) is 0 Å². The van der Waals surface area contributed by atoms with Crippen molar-refractivity contribution in [3.63, 3.8) is 0 Å². The van der Waals surface area contributed by atoms with Crippen molar-refractivity contribution in [2.45, 2.75) is 17.0 Å². The summed E-state index contributed by atoms with van der Waals surface area (Å²) in [5.41, 5.74) is 1.69. The molecule has 146 valence electrons. The predicted molar refractivity (Wildman–Crippen MR) is 108 cm³/mol. The van der Waals surface area contributed by atoms with E-state index in [0.29, 0.717) is 18.1 Å². The van der Waals surface area contributed by atoms with E-state index in [4.69, 9.17) is 11.6 Å². The number of rotatable bonds is 5. The van der Waals surface area contributed by atoms with Crippen LogP contribution in [0.2, 0.25) is 5.02 Å². The van der Waals surface area contributed by atoms with Crippen LogP contribution >= 0.6 is 11.6 Å². The molecule has 3 heterocycles. The summed E-state index contributed by atoms with van der Waals surface area (Å²) in [5, 5.41) is 4.11. The zero-order chi connectivity index (χ0) is 19.7. The molecule has 1 aromatic carbocycles. The van der Waals surface area contributed by atoms with Gasteiger partial charge in [0.05, 0.1) is 6.33 Å². The van der Waals surface area contributed by atoms with Gasteiger partial charge in [0.25, 0.3) is 10.0 Å². The van der Waals surface area contributed by atoms with Gasteiger partial charge in [0.15, 0.2) is 5.03 Å². The standard InChI is InChI=1S/C19H20ClN5O2S/c1-24-12-19(22-13-24)28(26,27)25-10-16(17-7-2-3-8-21-17)18(11-25)23-15-6-4-5-14(20)9-15/h2-9,12-13,16,18,23H,10-11H2,1H3/t16-,18+/m0/s1. The molecule has 1 aliphatic heterocycles. The third-order valence-electron chi connectivity index (χ3n) is 4.82. The van der Waals surface area contributed by atoms with E-state index in [-0.39, 0.29) is 17.0 Å². The number of hydrogen-bond donors (Lipinski definition) is 1. The van der Waals surface area contributed by atoms with Crippen LogP contribution in [-0.2, 0) is 17.1 Å². The first-order chi connectivity index (χ1) is 13.4. The van der Waals surface area contributed by atoms with Gasteiger partial charge in [0, 0.05) is 60.9 Å². The van der Waals surface area contributed by atoms with Gasteiger partial charge < -0.3 is 9.88 Å². The Hall–Kier alpha value is -2.42. The van der Waals surface area contributed by atoms with E-state index in [9.17, 15) is 8.42 Å². The summed E-state index contributed by atoms with van der Waals surface area (Å²) >= 11 is 6.10. The molecule has 28 heavy (non-hydrogen) atoms. The van der Waals surface area contributed by atoms with E-state index in [2.05, 4.69) is 15.3 Å². The molecule has 0 unspecified atom stereocenters. The zero-order valence-electron chi connectivity index (χ0n) is 15.2. The van der Waals surface area contributed by atoms with Crippen LogP contribution in [0, 0.1) is 0 Å². The number of aromatic nitrogens is 3. The molecule has 4 rings (SSSR count). The van der Waals surface area contributed by atoms with E-state index in [1.807, 2.05) is 36.4 Å². The van der Waals surface area contributed by atoms with Crippen molar-refractivity contribution in [3.05, 3.63) is 71.9 Å². The SMILES string of the molecule is Cn1cnc(S(=O)(=O)N2C[C@@H](Nc3cccc(Cl)c3)[C@H](c3ccccn3)C2)c1. The smallest absolute Gasteiger partial charge is 0.262 e. The number of hydrogen-bond acceptors (Lipinski definition) is 5. The second-order valence-electron chi connectivity index (χ2n) is 6.82. The highest BCUT2D eigenvalue weighted by Crippen LogP contribution is 2.32. The largest absolute Gasteiger partial charge is 0.380 e. The molecule has 3 aromatic rings. The summed E-state index contributed by atoms with van der Waals surface area (Å²) in [6, 6.07) is 12.9. The fraction of sp³-hybridized carbons (Fsp3) is 0.263. The third-order valence-corrected chi connectivity index (χ3v) is 6.77. The molecule has 9 heteroatoms. The van der Waals surface area contributed by atoms with Crippen LogP contribution in [0.5, 0.6) is 0 Å². The normalized spacial score (nSPS) is 20.4. The first-order valence-corrected chi connectivity index (χ1v) is 10.7. The maximum atomic E-state index is 13.1. The number of pyridine rings is 1. The molecule has 7 nitrogen and oxygen atoms in total. The summed E-state index contributed by atoms with van der Waals surface area (Å²) in [5.74, 6) is -0.0985. The van der Waals surface area contributed by atoms with Gasteiger partial charge >= 0.3 is 0 Å². The van der Waals surface area contributed by atoms with Crippen LogP contribution in [0.4, 0.5) is 5.69 Å². The minimum absolute atomic E-state index is 0.0539. The lowest BCUT2D eigenvalue weighted by Crippen LogP contribution is -2.32. The Labute approximate surface area is 169 Å². The summed E-state index contributed by atoms with van der Waals surface area (Å²) in [4.78, 5) is 8.49. The lowest BCUT2D eigenvalue weighted by molar-refractivity contribution is 0.468. The Morgan fingerprint density at radius 1 is 1.14 bits per heavy atom. The molecule has 1 fully saturated rings. The van der Waals surface area contributed by atoms with Crippen molar-refractivity contribution in [2.75, 3.05) is 18.4 Å². The highest BCUT2D eigenvalue weighted by Gasteiger charge is 2.41.